The first-order valence-corrected chi connectivity index (χ1v) is 24.1. The maximum absolute atomic E-state index is 14.4. The Labute approximate surface area is 408 Å². The van der Waals surface area contributed by atoms with Gasteiger partial charge in [0.05, 0.1) is 7.11 Å². The van der Waals surface area contributed by atoms with E-state index in [4.69, 9.17) is 24.4 Å². The first kappa shape index (κ1) is 52.4. The van der Waals surface area contributed by atoms with E-state index in [1.54, 1.807) is 6.08 Å². The minimum Gasteiger partial charge on any atom is -0.657 e. The standard InChI is InChI=1S/C55H72N4O6.Mg/c1-12-38-35(8)42-27-43-36(9)40(23-24-48(61)65-26-25-34(7)22-16-21-33(6)20-15-19-32(5)18-14-17-31(3)4)52(58-43)50-51(55(63)64-11)54(62)49-37(10)44(59-53(49)50)28-46-39(13-2)41(30-60)47(57-46)29-45(38)56-42;/h12,25,27-33,36,40,51H,1,13-24,26H2,2-11H3,(H2,58,59,60,62);/q-2;+2/p-1/b34-25+,43-27-,47-29-;/t32-,33+,36+,40+,51-;/m1./s1. The molecule has 5 atom stereocenters. The van der Waals surface area contributed by atoms with Crippen molar-refractivity contribution in [2.45, 2.75) is 139 Å². The molecule has 1 aliphatic carbocycles. The molecule has 1 fully saturated rings. The monoisotopic (exact) mass is 908 g/mol. The van der Waals surface area contributed by atoms with Gasteiger partial charge in [-0.3, -0.25) is 19.2 Å². The molecule has 0 amide bonds. The van der Waals surface area contributed by atoms with E-state index in [2.05, 4.69) is 53.4 Å². The number of methoxy groups -OCH3 is 1. The van der Waals surface area contributed by atoms with Crippen molar-refractivity contribution in [1.82, 2.24) is 20.3 Å². The predicted octanol–water partition coefficient (Wildman–Crippen LogP) is 9.09. The minimum absolute atomic E-state index is 0. The van der Waals surface area contributed by atoms with Crippen LogP contribution >= 0.6 is 0 Å². The van der Waals surface area contributed by atoms with Gasteiger partial charge in [-0.1, -0.05) is 140 Å². The maximum atomic E-state index is 14.4. The summed E-state index contributed by atoms with van der Waals surface area (Å²) in [6.45, 7) is 23.6. The third kappa shape index (κ3) is 11.6. The van der Waals surface area contributed by atoms with Crippen molar-refractivity contribution in [2.24, 2.45) is 35.5 Å². The predicted molar refractivity (Wildman–Crippen MR) is 265 cm³/mol. The second-order valence-corrected chi connectivity index (χ2v) is 19.4. The van der Waals surface area contributed by atoms with E-state index < -0.39 is 11.9 Å². The Morgan fingerprint density at radius 2 is 1.52 bits per heavy atom. The van der Waals surface area contributed by atoms with Crippen LogP contribution in [-0.2, 0) is 25.5 Å². The number of fused-ring (bicyclic) bond motifs is 7. The first-order chi connectivity index (χ1) is 31.1. The van der Waals surface area contributed by atoms with Crippen LogP contribution < -0.4 is 31.0 Å². The van der Waals surface area contributed by atoms with Gasteiger partial charge in [-0.25, -0.2) is 0 Å². The van der Waals surface area contributed by atoms with Crippen molar-refractivity contribution >= 4 is 76.9 Å². The van der Waals surface area contributed by atoms with Gasteiger partial charge >= 0.3 is 35.0 Å². The summed E-state index contributed by atoms with van der Waals surface area (Å²) < 4.78 is 11.0. The van der Waals surface area contributed by atoms with Crippen LogP contribution in [0, 0.1) is 49.4 Å². The summed E-state index contributed by atoms with van der Waals surface area (Å²) in [6.07, 6.45) is 22.5. The molecular formula is C55H71MgN4O6-. The molecule has 5 heterocycles. The van der Waals surface area contributed by atoms with Gasteiger partial charge in [0.25, 0.3) is 0 Å². The second-order valence-electron chi connectivity index (χ2n) is 19.4. The van der Waals surface area contributed by atoms with Crippen molar-refractivity contribution in [2.75, 3.05) is 13.7 Å². The van der Waals surface area contributed by atoms with Crippen LogP contribution in [0.4, 0.5) is 0 Å². The van der Waals surface area contributed by atoms with Crippen LogP contribution in [0.2, 0.25) is 0 Å². The van der Waals surface area contributed by atoms with Gasteiger partial charge in [0, 0.05) is 40.8 Å². The van der Waals surface area contributed by atoms with Gasteiger partial charge in [0.2, 0.25) is 0 Å². The molecular weight excluding hydrogens is 837 g/mol. The summed E-state index contributed by atoms with van der Waals surface area (Å²) >= 11 is 0. The van der Waals surface area contributed by atoms with E-state index in [9.17, 15) is 19.2 Å². The third-order valence-corrected chi connectivity index (χ3v) is 14.2. The summed E-state index contributed by atoms with van der Waals surface area (Å²) in [5, 5.41) is 4.69. The molecule has 3 aromatic heterocycles. The molecule has 0 radical (unpaired) electrons. The zero-order valence-corrected chi connectivity index (χ0v) is 42.7. The summed E-state index contributed by atoms with van der Waals surface area (Å²) in [6, 6.07) is 0. The number of hydrogen-bond acceptors (Lipinski definition) is 7. The largest absolute Gasteiger partial charge is 2.00 e. The summed E-state index contributed by atoms with van der Waals surface area (Å²) in [4.78, 5) is 69.0. The topological polar surface area (TPSA) is 141 Å². The average Bonchev–Trinajstić information content (AvgIpc) is 4.02. The number of esters is 2. The van der Waals surface area contributed by atoms with Crippen LogP contribution in [-0.4, -0.2) is 60.8 Å². The number of hydrogen-bond donors (Lipinski definition) is 1. The van der Waals surface area contributed by atoms with Crippen molar-refractivity contribution < 1.29 is 28.7 Å². The number of nitrogens with zero attached hydrogens (tertiary/aromatic N) is 3. The quantitative estimate of drug-likeness (QED) is 0.0362. The van der Waals surface area contributed by atoms with Crippen LogP contribution in [0.15, 0.2) is 29.6 Å². The van der Waals surface area contributed by atoms with Crippen LogP contribution in [0.25, 0.3) is 29.9 Å². The Balaban J connectivity index is 0.00000817. The Bertz CT molecular complexity index is 2510. The number of carbonyl (C=O) groups is 4. The van der Waals surface area contributed by atoms with E-state index in [0.717, 1.165) is 53.4 Å². The molecule has 1 N–H and O–H groups in total. The van der Waals surface area contributed by atoms with Crippen LogP contribution in [0.3, 0.4) is 0 Å². The maximum Gasteiger partial charge on any atom is 2.00 e. The molecule has 0 saturated carbocycles. The number of carbonyl (C=O) groups excluding carboxylic acids is 4. The number of nitrogens with one attached hydrogen (secondary N) is 1. The smallest absolute Gasteiger partial charge is 0.657 e. The molecule has 0 aromatic carbocycles. The fourth-order valence-corrected chi connectivity index (χ4v) is 10.1. The van der Waals surface area contributed by atoms with E-state index in [1.807, 2.05) is 45.1 Å². The zero-order valence-electron chi connectivity index (χ0n) is 41.3. The number of ether oxygens (including phenoxy) is 2. The van der Waals surface area contributed by atoms with Crippen LogP contribution in [0.5, 0.6) is 0 Å². The average molecular weight is 908 g/mol. The summed E-state index contributed by atoms with van der Waals surface area (Å²) in [7, 11) is 1.28. The molecule has 6 rings (SSSR count). The molecule has 11 heteroatoms. The van der Waals surface area contributed by atoms with E-state index >= 15 is 0 Å². The fraction of sp³-hybridized carbons (Fsp3) is 0.527. The summed E-state index contributed by atoms with van der Waals surface area (Å²) in [5.41, 5.74) is 9.34. The molecule has 350 valence electrons. The van der Waals surface area contributed by atoms with Gasteiger partial charge in [-0.05, 0) is 81.4 Å². The zero-order chi connectivity index (χ0) is 47.1. The Morgan fingerprint density at radius 1 is 0.864 bits per heavy atom. The van der Waals surface area contributed by atoms with Crippen molar-refractivity contribution in [3.63, 3.8) is 0 Å². The number of aromatic nitrogens is 3. The third-order valence-electron chi connectivity index (χ3n) is 14.2. The van der Waals surface area contributed by atoms with Crippen molar-refractivity contribution in [3.8, 4) is 0 Å². The Morgan fingerprint density at radius 3 is 2.15 bits per heavy atom. The fourth-order valence-electron chi connectivity index (χ4n) is 10.1. The van der Waals surface area contributed by atoms with Crippen molar-refractivity contribution in [3.05, 3.63) is 96.5 Å². The molecule has 3 aromatic rings. The van der Waals surface area contributed by atoms with E-state index in [0.29, 0.717) is 80.2 Å². The number of ketones is 1. The number of rotatable bonds is 21. The van der Waals surface area contributed by atoms with Gasteiger partial charge in [0.1, 0.15) is 18.8 Å². The van der Waals surface area contributed by atoms with Gasteiger partial charge in [-0.2, -0.15) is 0 Å². The molecule has 2 aliphatic heterocycles. The number of allylic oxidation sites excluding steroid dienone is 3. The van der Waals surface area contributed by atoms with Gasteiger partial charge in [-0.15, -0.1) is 33.5 Å². The van der Waals surface area contributed by atoms with E-state index in [1.165, 1.54) is 57.6 Å². The van der Waals surface area contributed by atoms with Crippen molar-refractivity contribution in [1.29, 1.82) is 0 Å². The normalized spacial score (nSPS) is 21.4. The first-order valence-electron chi connectivity index (χ1n) is 24.1. The molecule has 3 aliphatic rings. The molecule has 0 unspecified atom stereocenters. The Kier molecular flexibility index (Phi) is 18.6. The van der Waals surface area contributed by atoms with Crippen LogP contribution in [0.1, 0.15) is 185 Å². The Hall–Kier alpha value is -4.61. The summed E-state index contributed by atoms with van der Waals surface area (Å²) in [5.74, 6) is -0.781. The molecule has 66 heavy (non-hydrogen) atoms. The second kappa shape index (κ2) is 23.4. The SMILES string of the molecule is C=Cc1c2[n-]c(c1C)/C=C1\N/C(=C3\c4[n-]c(c(C)c4C(=O)[C@@H]3C(=O)OC)/C=c3\[n-]/c(c(C=O)c3CC)=C\2)[C@@H](CCC(=O)OC/C=C(\C)CCC[C@@H](C)CCC[C@H](C)CCCC(C)C)[C@@H]1C.[Mg+2]. The molecule has 10 nitrogen and oxygen atoms in total. The van der Waals surface area contributed by atoms with E-state index in [-0.39, 0.29) is 59.7 Å². The van der Waals surface area contributed by atoms with Gasteiger partial charge < -0.3 is 29.7 Å². The van der Waals surface area contributed by atoms with Gasteiger partial charge in [0.15, 0.2) is 5.78 Å². The molecule has 1 saturated heterocycles. The number of Topliss-reactive ketones (excluding diaryl/α,β-unsaturated/α-hetero) is 1. The molecule has 0 spiro atoms. The minimum atomic E-state index is -1.24. The molecule has 8 bridgehead atoms. The number of aldehydes is 1.